The molecular formula is C16H16O3. The van der Waals surface area contributed by atoms with E-state index >= 15 is 0 Å². The molecule has 0 unspecified atom stereocenters. The van der Waals surface area contributed by atoms with Crippen LogP contribution in [0.15, 0.2) is 48.5 Å². The van der Waals surface area contributed by atoms with E-state index < -0.39 is 6.29 Å². The van der Waals surface area contributed by atoms with Crippen molar-refractivity contribution < 1.29 is 14.9 Å². The Bertz CT molecular complexity index is 565. The molecule has 2 aromatic rings. The lowest BCUT2D eigenvalue weighted by molar-refractivity contribution is -0.0359. The lowest BCUT2D eigenvalue weighted by Crippen LogP contribution is -2.25. The lowest BCUT2D eigenvalue weighted by atomic mass is 9.85. The van der Waals surface area contributed by atoms with Gasteiger partial charge in [0.1, 0.15) is 5.75 Å². The molecule has 3 heteroatoms. The van der Waals surface area contributed by atoms with Crippen molar-refractivity contribution in [2.24, 2.45) is 0 Å². The molecule has 0 saturated carbocycles. The van der Waals surface area contributed by atoms with Crippen LogP contribution in [0.1, 0.15) is 29.0 Å². The van der Waals surface area contributed by atoms with E-state index in [0.717, 1.165) is 16.7 Å². The van der Waals surface area contributed by atoms with Crippen molar-refractivity contribution in [2.45, 2.75) is 25.2 Å². The number of aliphatic hydroxyl groups excluding tert-OH is 2. The fraction of sp³-hybridized carbons (Fsp3) is 0.250. The summed E-state index contributed by atoms with van der Waals surface area (Å²) in [5.41, 5.74) is 3.05. The maximum atomic E-state index is 9.84. The molecule has 2 N–H and O–H groups in total. The van der Waals surface area contributed by atoms with Gasteiger partial charge in [0.15, 0.2) is 6.29 Å². The summed E-state index contributed by atoms with van der Waals surface area (Å²) in [5.74, 6) is 0.802. The van der Waals surface area contributed by atoms with E-state index in [2.05, 4.69) is 12.1 Å². The van der Waals surface area contributed by atoms with Gasteiger partial charge in [-0.05, 0) is 23.3 Å². The van der Waals surface area contributed by atoms with Crippen LogP contribution in [0.2, 0.25) is 0 Å². The predicted molar refractivity (Wildman–Crippen MR) is 71.9 cm³/mol. The Morgan fingerprint density at radius 1 is 1.11 bits per heavy atom. The van der Waals surface area contributed by atoms with Gasteiger partial charge in [0.05, 0.1) is 6.61 Å². The van der Waals surface area contributed by atoms with Gasteiger partial charge in [-0.1, -0.05) is 36.4 Å². The summed E-state index contributed by atoms with van der Waals surface area (Å²) in [6, 6.07) is 15.7. The van der Waals surface area contributed by atoms with Crippen molar-refractivity contribution in [3.8, 4) is 5.75 Å². The third-order valence-corrected chi connectivity index (χ3v) is 3.53. The first-order valence-corrected chi connectivity index (χ1v) is 6.41. The minimum atomic E-state index is -0.780. The van der Waals surface area contributed by atoms with E-state index in [4.69, 9.17) is 4.74 Å². The van der Waals surface area contributed by atoms with Crippen molar-refractivity contribution in [1.82, 2.24) is 0 Å². The van der Waals surface area contributed by atoms with Gasteiger partial charge in [0.25, 0.3) is 0 Å². The Balaban J connectivity index is 2.07. The molecule has 1 aliphatic heterocycles. The van der Waals surface area contributed by atoms with Crippen LogP contribution in [0, 0.1) is 0 Å². The van der Waals surface area contributed by atoms with Crippen molar-refractivity contribution in [2.75, 3.05) is 0 Å². The number of fused-ring (bicyclic) bond motifs is 1. The van der Waals surface area contributed by atoms with E-state index in [1.807, 2.05) is 36.4 Å². The Labute approximate surface area is 112 Å². The molecule has 0 amide bonds. The largest absolute Gasteiger partial charge is 0.465 e. The van der Waals surface area contributed by atoms with E-state index in [1.165, 1.54) is 0 Å². The number of benzene rings is 2. The van der Waals surface area contributed by atoms with Gasteiger partial charge in [-0.2, -0.15) is 0 Å². The summed E-state index contributed by atoms with van der Waals surface area (Å²) in [7, 11) is 0. The van der Waals surface area contributed by atoms with Gasteiger partial charge < -0.3 is 14.9 Å². The highest BCUT2D eigenvalue weighted by Crippen LogP contribution is 2.40. The van der Waals surface area contributed by atoms with Gasteiger partial charge in [-0.25, -0.2) is 0 Å². The van der Waals surface area contributed by atoms with Crippen molar-refractivity contribution in [3.63, 3.8) is 0 Å². The van der Waals surface area contributed by atoms with E-state index in [-0.39, 0.29) is 12.5 Å². The van der Waals surface area contributed by atoms with Crippen LogP contribution in [0.3, 0.4) is 0 Å². The Morgan fingerprint density at radius 3 is 2.63 bits per heavy atom. The molecule has 1 heterocycles. The van der Waals surface area contributed by atoms with Crippen LogP contribution in [0.5, 0.6) is 5.75 Å². The zero-order chi connectivity index (χ0) is 13.2. The van der Waals surface area contributed by atoms with E-state index in [1.54, 1.807) is 0 Å². The first kappa shape index (κ1) is 12.2. The third kappa shape index (κ3) is 2.35. The predicted octanol–water partition coefficient (Wildman–Crippen LogP) is 2.41. The van der Waals surface area contributed by atoms with Crippen LogP contribution in [-0.2, 0) is 6.61 Å². The zero-order valence-electron chi connectivity index (χ0n) is 10.5. The van der Waals surface area contributed by atoms with Gasteiger partial charge in [0, 0.05) is 17.9 Å². The van der Waals surface area contributed by atoms with Crippen LogP contribution >= 0.6 is 0 Å². The molecule has 2 atom stereocenters. The highest BCUT2D eigenvalue weighted by molar-refractivity contribution is 5.45. The second-order valence-electron chi connectivity index (χ2n) is 4.80. The van der Waals surface area contributed by atoms with Crippen molar-refractivity contribution >= 4 is 0 Å². The molecule has 0 bridgehead atoms. The first-order chi connectivity index (χ1) is 9.28. The number of aliphatic hydroxyl groups is 2. The van der Waals surface area contributed by atoms with Gasteiger partial charge in [-0.3, -0.25) is 0 Å². The van der Waals surface area contributed by atoms with Gasteiger partial charge in [-0.15, -0.1) is 0 Å². The minimum absolute atomic E-state index is 0.0113. The highest BCUT2D eigenvalue weighted by Gasteiger charge is 2.28. The quantitative estimate of drug-likeness (QED) is 0.867. The zero-order valence-corrected chi connectivity index (χ0v) is 10.5. The monoisotopic (exact) mass is 256 g/mol. The molecule has 0 aromatic heterocycles. The molecule has 98 valence electrons. The maximum absolute atomic E-state index is 9.84. The number of hydrogen-bond donors (Lipinski definition) is 2. The number of hydrogen-bond acceptors (Lipinski definition) is 3. The summed E-state index contributed by atoms with van der Waals surface area (Å²) in [6.45, 7) is 0.0113. The molecule has 0 fully saturated rings. The van der Waals surface area contributed by atoms with E-state index in [0.29, 0.717) is 12.2 Å². The van der Waals surface area contributed by atoms with Gasteiger partial charge >= 0.3 is 0 Å². The summed E-state index contributed by atoms with van der Waals surface area (Å²) >= 11 is 0. The number of ether oxygens (including phenoxy) is 1. The lowest BCUT2D eigenvalue weighted by Gasteiger charge is -2.30. The number of rotatable bonds is 2. The second-order valence-corrected chi connectivity index (χ2v) is 4.80. The fourth-order valence-corrected chi connectivity index (χ4v) is 2.60. The molecule has 0 aliphatic carbocycles. The first-order valence-electron chi connectivity index (χ1n) is 6.41. The third-order valence-electron chi connectivity index (χ3n) is 3.53. The minimum Gasteiger partial charge on any atom is -0.465 e. The smallest absolute Gasteiger partial charge is 0.198 e. The molecule has 19 heavy (non-hydrogen) atoms. The molecule has 3 nitrogen and oxygen atoms in total. The van der Waals surface area contributed by atoms with Crippen molar-refractivity contribution in [3.05, 3.63) is 65.2 Å². The van der Waals surface area contributed by atoms with Crippen LogP contribution in [0.25, 0.3) is 0 Å². The Morgan fingerprint density at radius 2 is 1.89 bits per heavy atom. The molecular weight excluding hydrogens is 240 g/mol. The summed E-state index contributed by atoms with van der Waals surface area (Å²) in [6.07, 6.45) is -0.246. The normalized spacial score (nSPS) is 21.6. The highest BCUT2D eigenvalue weighted by atomic mass is 16.6. The molecule has 2 aromatic carbocycles. The average molecular weight is 256 g/mol. The topological polar surface area (TPSA) is 49.7 Å². The standard InChI is InChI=1S/C16H16O3/c17-10-11-6-7-15-14(8-11)13(9-16(18)19-15)12-4-2-1-3-5-12/h1-8,13,16-18H,9-10H2/t13-,16+/m0/s1. The SMILES string of the molecule is OCc1ccc2c(c1)[C@H](c1ccccc1)C[C@H](O)O2. The van der Waals surface area contributed by atoms with E-state index in [9.17, 15) is 10.2 Å². The molecule has 3 rings (SSSR count). The van der Waals surface area contributed by atoms with Gasteiger partial charge in [0.2, 0.25) is 0 Å². The molecule has 0 spiro atoms. The average Bonchev–Trinajstić information content (AvgIpc) is 2.47. The second kappa shape index (κ2) is 5.03. The summed E-state index contributed by atoms with van der Waals surface area (Å²) in [4.78, 5) is 0. The van der Waals surface area contributed by atoms with Crippen molar-refractivity contribution in [1.29, 1.82) is 0 Å². The summed E-state index contributed by atoms with van der Waals surface area (Å²) < 4.78 is 5.46. The molecule has 0 radical (unpaired) electrons. The molecule has 1 aliphatic rings. The maximum Gasteiger partial charge on any atom is 0.198 e. The van der Waals surface area contributed by atoms with Crippen LogP contribution in [-0.4, -0.2) is 16.5 Å². The van der Waals surface area contributed by atoms with Crippen LogP contribution in [0.4, 0.5) is 0 Å². The Kier molecular flexibility index (Phi) is 3.23. The Hall–Kier alpha value is -1.84. The fourth-order valence-electron chi connectivity index (χ4n) is 2.60. The molecule has 0 saturated heterocycles. The summed E-state index contributed by atoms with van der Waals surface area (Å²) in [5, 5.41) is 19.1. The van der Waals surface area contributed by atoms with Crippen LogP contribution < -0.4 is 4.74 Å².